The van der Waals surface area contributed by atoms with Gasteiger partial charge in [-0.25, -0.2) is 23.5 Å². The van der Waals surface area contributed by atoms with E-state index in [1.165, 1.54) is 23.3 Å². The first-order valence-electron chi connectivity index (χ1n) is 6.47. The lowest BCUT2D eigenvalue weighted by Crippen LogP contribution is -2.11. The Morgan fingerprint density at radius 3 is 2.45 bits per heavy atom. The van der Waals surface area contributed by atoms with Gasteiger partial charge < -0.3 is 5.32 Å². The summed E-state index contributed by atoms with van der Waals surface area (Å²) in [6.07, 6.45) is 1.51. The summed E-state index contributed by atoms with van der Waals surface area (Å²) < 4.78 is 22.5. The fraction of sp³-hybridized carbons (Fsp3) is 0.143. The van der Waals surface area contributed by atoms with Crippen molar-refractivity contribution in [3.63, 3.8) is 0 Å². The zero-order valence-corrected chi connectivity index (χ0v) is 13.6. The second kappa shape index (κ2) is 5.31. The third kappa shape index (κ3) is 2.68. The summed E-state index contributed by atoms with van der Waals surface area (Å²) in [6, 6.07) is 6.23. The molecule has 1 aromatic carbocycles. The summed E-state index contributed by atoms with van der Waals surface area (Å²) >= 11 is 1.62. The topological polar surface area (TPSA) is 98.0 Å². The average Bonchev–Trinajstić information content (AvgIpc) is 2.75. The number of nitrogens with one attached hydrogen (secondary N) is 1. The van der Waals surface area contributed by atoms with E-state index < -0.39 is 10.0 Å². The Kier molecular flexibility index (Phi) is 3.59. The average molecular weight is 334 g/mol. The number of hydrogen-bond acceptors (Lipinski definition) is 6. The number of benzene rings is 1. The van der Waals surface area contributed by atoms with E-state index in [-0.39, 0.29) is 4.90 Å². The molecule has 0 saturated carbocycles. The van der Waals surface area contributed by atoms with Crippen molar-refractivity contribution in [3.8, 4) is 0 Å². The first-order valence-corrected chi connectivity index (χ1v) is 8.83. The van der Waals surface area contributed by atoms with E-state index in [2.05, 4.69) is 15.3 Å². The lowest BCUT2D eigenvalue weighted by atomic mass is 10.2. The van der Waals surface area contributed by atoms with Crippen LogP contribution in [0.2, 0.25) is 0 Å². The highest BCUT2D eigenvalue weighted by Gasteiger charge is 2.12. The molecule has 0 atom stereocenters. The number of anilines is 2. The maximum atomic E-state index is 11.3. The zero-order chi connectivity index (χ0) is 15.9. The molecule has 0 aliphatic rings. The van der Waals surface area contributed by atoms with Crippen LogP contribution in [0.25, 0.3) is 10.2 Å². The highest BCUT2D eigenvalue weighted by molar-refractivity contribution is 7.89. The zero-order valence-electron chi connectivity index (χ0n) is 12.0. The van der Waals surface area contributed by atoms with Crippen LogP contribution >= 0.6 is 11.3 Å². The molecule has 0 bridgehead atoms. The van der Waals surface area contributed by atoms with Gasteiger partial charge in [0, 0.05) is 10.6 Å². The van der Waals surface area contributed by atoms with Crippen molar-refractivity contribution in [2.24, 2.45) is 5.14 Å². The molecule has 3 rings (SSSR count). The Labute approximate surface area is 132 Å². The summed E-state index contributed by atoms with van der Waals surface area (Å²) in [5, 5.41) is 9.28. The van der Waals surface area contributed by atoms with E-state index in [4.69, 9.17) is 5.14 Å². The molecule has 22 heavy (non-hydrogen) atoms. The molecule has 0 radical (unpaired) electrons. The number of rotatable bonds is 3. The number of thiophene rings is 1. The van der Waals surface area contributed by atoms with E-state index in [0.717, 1.165) is 21.5 Å². The molecule has 0 unspecified atom stereocenters. The standard InChI is InChI=1S/C14H14N4O2S2/c1-8-9(2)21-14-12(8)13(16-7-17-14)18-10-3-5-11(6-4-10)22(15,19)20/h3-7H,1-2H3,(H2,15,19,20)(H,16,17,18). The lowest BCUT2D eigenvalue weighted by Gasteiger charge is -2.08. The van der Waals surface area contributed by atoms with E-state index in [9.17, 15) is 8.42 Å². The molecule has 0 saturated heterocycles. The van der Waals surface area contributed by atoms with Crippen molar-refractivity contribution >= 4 is 43.1 Å². The molecule has 114 valence electrons. The van der Waals surface area contributed by atoms with Gasteiger partial charge in [-0.05, 0) is 43.7 Å². The molecule has 2 aromatic heterocycles. The molecule has 0 fully saturated rings. The van der Waals surface area contributed by atoms with Crippen molar-refractivity contribution in [2.45, 2.75) is 18.7 Å². The molecule has 0 aliphatic heterocycles. The highest BCUT2D eigenvalue weighted by Crippen LogP contribution is 2.33. The molecule has 2 heterocycles. The van der Waals surface area contributed by atoms with Gasteiger partial charge in [-0.2, -0.15) is 0 Å². The van der Waals surface area contributed by atoms with Crippen LogP contribution in [-0.4, -0.2) is 18.4 Å². The smallest absolute Gasteiger partial charge is 0.238 e. The van der Waals surface area contributed by atoms with Crippen molar-refractivity contribution in [1.82, 2.24) is 9.97 Å². The lowest BCUT2D eigenvalue weighted by molar-refractivity contribution is 0.598. The van der Waals surface area contributed by atoms with Crippen LogP contribution in [-0.2, 0) is 10.0 Å². The third-order valence-electron chi connectivity index (χ3n) is 3.41. The molecule has 3 aromatic rings. The van der Waals surface area contributed by atoms with Gasteiger partial charge in [0.1, 0.15) is 17.0 Å². The largest absolute Gasteiger partial charge is 0.340 e. The molecule has 0 spiro atoms. The van der Waals surface area contributed by atoms with Crippen molar-refractivity contribution in [1.29, 1.82) is 0 Å². The van der Waals surface area contributed by atoms with Crippen LogP contribution in [0.15, 0.2) is 35.5 Å². The summed E-state index contributed by atoms with van der Waals surface area (Å²) in [7, 11) is -3.68. The highest BCUT2D eigenvalue weighted by atomic mass is 32.2. The number of hydrogen-bond donors (Lipinski definition) is 2. The van der Waals surface area contributed by atoms with Crippen LogP contribution in [0.4, 0.5) is 11.5 Å². The maximum Gasteiger partial charge on any atom is 0.238 e. The SMILES string of the molecule is Cc1sc2ncnc(Nc3ccc(S(N)(=O)=O)cc3)c2c1C. The fourth-order valence-corrected chi connectivity index (χ4v) is 3.65. The second-order valence-corrected chi connectivity index (χ2v) is 7.64. The van der Waals surface area contributed by atoms with E-state index >= 15 is 0 Å². The molecular weight excluding hydrogens is 320 g/mol. The quantitative estimate of drug-likeness (QED) is 0.767. The Morgan fingerprint density at radius 1 is 1.14 bits per heavy atom. The van der Waals surface area contributed by atoms with Gasteiger partial charge in [0.2, 0.25) is 10.0 Å². The van der Waals surface area contributed by atoms with E-state index in [1.807, 2.05) is 13.8 Å². The molecule has 0 aliphatic carbocycles. The summed E-state index contributed by atoms with van der Waals surface area (Å²) in [5.74, 6) is 0.704. The van der Waals surface area contributed by atoms with Crippen LogP contribution in [0.1, 0.15) is 10.4 Å². The van der Waals surface area contributed by atoms with E-state index in [0.29, 0.717) is 5.82 Å². The molecular formula is C14H14N4O2S2. The number of fused-ring (bicyclic) bond motifs is 1. The van der Waals surface area contributed by atoms with Gasteiger partial charge in [-0.1, -0.05) is 0 Å². The first kappa shape index (κ1) is 14.9. The van der Waals surface area contributed by atoms with Gasteiger partial charge in [0.25, 0.3) is 0 Å². The van der Waals surface area contributed by atoms with Crippen LogP contribution in [0.3, 0.4) is 0 Å². The first-order chi connectivity index (χ1) is 10.4. The van der Waals surface area contributed by atoms with E-state index in [1.54, 1.807) is 23.5 Å². The van der Waals surface area contributed by atoms with Crippen molar-refractivity contribution < 1.29 is 8.42 Å². The minimum Gasteiger partial charge on any atom is -0.340 e. The predicted molar refractivity (Wildman–Crippen MR) is 88.0 cm³/mol. The number of aromatic nitrogens is 2. The molecule has 0 amide bonds. The number of primary sulfonamides is 1. The van der Waals surface area contributed by atoms with Crippen molar-refractivity contribution in [3.05, 3.63) is 41.0 Å². The Morgan fingerprint density at radius 2 is 1.82 bits per heavy atom. The van der Waals surface area contributed by atoms with Crippen molar-refractivity contribution in [2.75, 3.05) is 5.32 Å². The van der Waals surface area contributed by atoms with Crippen LogP contribution in [0.5, 0.6) is 0 Å². The van der Waals surface area contributed by atoms with Gasteiger partial charge in [-0.15, -0.1) is 11.3 Å². The fourth-order valence-electron chi connectivity index (χ4n) is 2.14. The van der Waals surface area contributed by atoms with Crippen LogP contribution in [0, 0.1) is 13.8 Å². The van der Waals surface area contributed by atoms with Crippen LogP contribution < -0.4 is 10.5 Å². The molecule has 8 heteroatoms. The Balaban J connectivity index is 2.00. The minimum atomic E-state index is -3.68. The van der Waals surface area contributed by atoms with Gasteiger partial charge in [0.05, 0.1) is 10.3 Å². The Hall–Kier alpha value is -2.03. The molecule has 6 nitrogen and oxygen atoms in total. The monoisotopic (exact) mass is 334 g/mol. The minimum absolute atomic E-state index is 0.0773. The number of nitrogens with zero attached hydrogens (tertiary/aromatic N) is 2. The van der Waals surface area contributed by atoms with Gasteiger partial charge in [0.15, 0.2) is 0 Å². The number of aryl methyl sites for hydroxylation is 2. The number of nitrogens with two attached hydrogens (primary N) is 1. The second-order valence-electron chi connectivity index (χ2n) is 4.88. The van der Waals surface area contributed by atoms with Gasteiger partial charge >= 0.3 is 0 Å². The maximum absolute atomic E-state index is 11.3. The molecule has 3 N–H and O–H groups in total. The van der Waals surface area contributed by atoms with Gasteiger partial charge in [-0.3, -0.25) is 0 Å². The number of sulfonamides is 1. The predicted octanol–water partition coefficient (Wildman–Crippen LogP) is 2.70. The summed E-state index contributed by atoms with van der Waals surface area (Å²) in [5.41, 5.74) is 1.87. The summed E-state index contributed by atoms with van der Waals surface area (Å²) in [4.78, 5) is 10.8. The third-order valence-corrected chi connectivity index (χ3v) is 5.46. The summed E-state index contributed by atoms with van der Waals surface area (Å²) in [6.45, 7) is 4.08. The normalized spacial score (nSPS) is 11.8. The Bertz CT molecular complexity index is 947.